The van der Waals surface area contributed by atoms with Gasteiger partial charge in [-0.15, -0.1) is 0 Å². The zero-order valence-electron chi connectivity index (χ0n) is 14.4. The fourth-order valence-electron chi connectivity index (χ4n) is 3.00. The molecule has 3 aromatic carbocycles. The fourth-order valence-corrected chi connectivity index (χ4v) is 4.09. The zero-order chi connectivity index (χ0) is 17.9. The Morgan fingerprint density at radius 1 is 0.885 bits per heavy atom. The third kappa shape index (κ3) is 3.11. The first-order chi connectivity index (χ1) is 12.8. The van der Waals surface area contributed by atoms with Crippen LogP contribution in [-0.4, -0.2) is 10.5 Å². The molecule has 0 aliphatic rings. The first kappa shape index (κ1) is 16.5. The first-order valence-electron chi connectivity index (χ1n) is 8.59. The summed E-state index contributed by atoms with van der Waals surface area (Å²) in [6, 6.07) is 25.9. The van der Waals surface area contributed by atoms with Crippen LogP contribution in [-0.2, 0) is 6.54 Å². The van der Waals surface area contributed by atoms with Crippen LogP contribution in [0.15, 0.2) is 83.9 Å². The molecular weight excluding hydrogens is 340 g/mol. The van der Waals surface area contributed by atoms with Crippen molar-refractivity contribution in [3.63, 3.8) is 0 Å². The first-order valence-corrected chi connectivity index (χ1v) is 9.41. The molecule has 26 heavy (non-hydrogen) atoms. The molecular formula is C22H18N2OS. The molecule has 1 aromatic heterocycles. The number of carbonyl (C=O) groups is 1. The summed E-state index contributed by atoms with van der Waals surface area (Å²) in [5.74, 6) is -0.210. The molecule has 0 radical (unpaired) electrons. The smallest absolute Gasteiger partial charge is 0.279 e. The molecule has 3 nitrogen and oxygen atoms in total. The Hall–Kier alpha value is -2.98. The average molecular weight is 358 g/mol. The third-order valence-corrected chi connectivity index (χ3v) is 5.40. The number of fused-ring (bicyclic) bond motifs is 1. The summed E-state index contributed by atoms with van der Waals surface area (Å²) in [7, 11) is 0. The number of aromatic nitrogens is 1. The van der Waals surface area contributed by atoms with Crippen molar-refractivity contribution in [3.05, 3.63) is 89.2 Å². The van der Waals surface area contributed by atoms with E-state index in [0.29, 0.717) is 5.56 Å². The fraction of sp³-hybridized carbons (Fsp3) is 0.0909. The van der Waals surface area contributed by atoms with Crippen LogP contribution in [0, 0.1) is 0 Å². The highest BCUT2D eigenvalue weighted by atomic mass is 32.1. The molecule has 4 aromatic rings. The van der Waals surface area contributed by atoms with E-state index < -0.39 is 0 Å². The van der Waals surface area contributed by atoms with E-state index in [4.69, 9.17) is 0 Å². The maximum atomic E-state index is 12.6. The number of aryl methyl sites for hydroxylation is 1. The lowest BCUT2D eigenvalue weighted by atomic mass is 10.0. The molecule has 0 unspecified atom stereocenters. The van der Waals surface area contributed by atoms with Crippen molar-refractivity contribution in [1.82, 2.24) is 4.57 Å². The monoisotopic (exact) mass is 358 g/mol. The van der Waals surface area contributed by atoms with Crippen molar-refractivity contribution in [2.75, 3.05) is 0 Å². The minimum atomic E-state index is -0.210. The number of amides is 1. The van der Waals surface area contributed by atoms with Crippen LogP contribution in [0.25, 0.3) is 21.3 Å². The number of carbonyl (C=O) groups excluding carboxylic acids is 1. The molecule has 1 heterocycles. The summed E-state index contributed by atoms with van der Waals surface area (Å²) in [5, 5.41) is 0. The highest BCUT2D eigenvalue weighted by molar-refractivity contribution is 7.16. The van der Waals surface area contributed by atoms with Gasteiger partial charge in [0.15, 0.2) is 4.80 Å². The predicted molar refractivity (Wildman–Crippen MR) is 107 cm³/mol. The number of nitrogens with zero attached hydrogens (tertiary/aromatic N) is 2. The Balaban J connectivity index is 1.69. The Labute approximate surface area is 155 Å². The van der Waals surface area contributed by atoms with Gasteiger partial charge >= 0.3 is 0 Å². The lowest BCUT2D eigenvalue weighted by Crippen LogP contribution is -2.15. The summed E-state index contributed by atoms with van der Waals surface area (Å²) >= 11 is 1.55. The Kier molecular flexibility index (Phi) is 4.50. The van der Waals surface area contributed by atoms with Crippen LogP contribution in [0.1, 0.15) is 17.3 Å². The second-order valence-corrected chi connectivity index (χ2v) is 6.97. The lowest BCUT2D eigenvalue weighted by molar-refractivity contribution is 0.0998. The van der Waals surface area contributed by atoms with Gasteiger partial charge in [0.25, 0.3) is 5.91 Å². The summed E-state index contributed by atoms with van der Waals surface area (Å²) in [6.45, 7) is 2.85. The van der Waals surface area contributed by atoms with E-state index in [1.54, 1.807) is 11.3 Å². The summed E-state index contributed by atoms with van der Waals surface area (Å²) in [4.78, 5) is 17.8. The Morgan fingerprint density at radius 2 is 1.54 bits per heavy atom. The zero-order valence-corrected chi connectivity index (χ0v) is 15.2. The molecule has 4 rings (SSSR count). The quantitative estimate of drug-likeness (QED) is 0.500. The van der Waals surface area contributed by atoms with Gasteiger partial charge < -0.3 is 4.57 Å². The second-order valence-electron chi connectivity index (χ2n) is 5.96. The molecule has 0 fully saturated rings. The van der Waals surface area contributed by atoms with Crippen LogP contribution in [0.5, 0.6) is 0 Å². The van der Waals surface area contributed by atoms with Gasteiger partial charge in [-0.1, -0.05) is 65.9 Å². The normalized spacial score (nSPS) is 11.8. The van der Waals surface area contributed by atoms with E-state index in [9.17, 15) is 4.79 Å². The van der Waals surface area contributed by atoms with Crippen LogP contribution in [0.2, 0.25) is 0 Å². The molecule has 128 valence electrons. The van der Waals surface area contributed by atoms with E-state index in [1.165, 1.54) is 0 Å². The standard InChI is InChI=1S/C22H18N2OS/c1-2-24-19-10-6-7-11-20(19)26-22(24)23-21(25)18-14-12-17(13-15-18)16-8-4-3-5-9-16/h3-15H,2H2,1H3. The van der Waals surface area contributed by atoms with E-state index in [0.717, 1.165) is 32.7 Å². The van der Waals surface area contributed by atoms with Crippen molar-refractivity contribution >= 4 is 27.5 Å². The largest absolute Gasteiger partial charge is 0.317 e. The number of hydrogen-bond acceptors (Lipinski definition) is 2. The molecule has 0 atom stereocenters. The van der Waals surface area contributed by atoms with Gasteiger partial charge in [0.1, 0.15) is 0 Å². The van der Waals surface area contributed by atoms with Crippen LogP contribution < -0.4 is 4.80 Å². The maximum Gasteiger partial charge on any atom is 0.279 e. The van der Waals surface area contributed by atoms with Gasteiger partial charge in [0.2, 0.25) is 0 Å². The van der Waals surface area contributed by atoms with Crippen LogP contribution in [0.3, 0.4) is 0 Å². The maximum absolute atomic E-state index is 12.6. The van der Waals surface area contributed by atoms with Crippen molar-refractivity contribution in [2.24, 2.45) is 4.99 Å². The molecule has 0 saturated heterocycles. The third-order valence-electron chi connectivity index (χ3n) is 4.34. The van der Waals surface area contributed by atoms with Crippen molar-refractivity contribution in [3.8, 4) is 11.1 Å². The predicted octanol–water partition coefficient (Wildman–Crippen LogP) is 5.13. The van der Waals surface area contributed by atoms with Gasteiger partial charge in [-0.05, 0) is 42.3 Å². The van der Waals surface area contributed by atoms with Gasteiger partial charge in [-0.2, -0.15) is 4.99 Å². The van der Waals surface area contributed by atoms with Gasteiger partial charge in [0.05, 0.1) is 10.2 Å². The SMILES string of the molecule is CCn1c(=NC(=O)c2ccc(-c3ccccc3)cc2)sc2ccccc21. The number of benzene rings is 3. The summed E-state index contributed by atoms with van der Waals surface area (Å²) < 4.78 is 3.22. The van der Waals surface area contributed by atoms with E-state index in [1.807, 2.05) is 54.6 Å². The average Bonchev–Trinajstić information content (AvgIpc) is 3.05. The van der Waals surface area contributed by atoms with E-state index in [-0.39, 0.29) is 5.91 Å². The highest BCUT2D eigenvalue weighted by Crippen LogP contribution is 2.20. The Morgan fingerprint density at radius 3 is 2.27 bits per heavy atom. The van der Waals surface area contributed by atoms with Crippen LogP contribution in [0.4, 0.5) is 0 Å². The minimum absolute atomic E-state index is 0.210. The summed E-state index contributed by atoms with van der Waals surface area (Å²) in [6.07, 6.45) is 0. The number of rotatable bonds is 3. The highest BCUT2D eigenvalue weighted by Gasteiger charge is 2.08. The van der Waals surface area contributed by atoms with Crippen molar-refractivity contribution in [2.45, 2.75) is 13.5 Å². The molecule has 0 N–H and O–H groups in total. The van der Waals surface area contributed by atoms with Gasteiger partial charge in [-0.3, -0.25) is 4.79 Å². The molecule has 0 spiro atoms. The van der Waals surface area contributed by atoms with Crippen LogP contribution >= 0.6 is 11.3 Å². The van der Waals surface area contributed by atoms with Crippen molar-refractivity contribution in [1.29, 1.82) is 0 Å². The van der Waals surface area contributed by atoms with E-state index >= 15 is 0 Å². The number of para-hydroxylation sites is 1. The minimum Gasteiger partial charge on any atom is -0.317 e. The molecule has 0 bridgehead atoms. The Bertz CT molecular complexity index is 1120. The lowest BCUT2D eigenvalue weighted by Gasteiger charge is -2.02. The number of hydrogen-bond donors (Lipinski definition) is 0. The van der Waals surface area contributed by atoms with Crippen molar-refractivity contribution < 1.29 is 4.79 Å². The number of thiazole rings is 1. The topological polar surface area (TPSA) is 34.4 Å². The molecule has 0 aliphatic carbocycles. The molecule has 0 aliphatic heterocycles. The van der Waals surface area contributed by atoms with E-state index in [2.05, 4.69) is 40.7 Å². The molecule has 4 heteroatoms. The van der Waals surface area contributed by atoms with Gasteiger partial charge in [0, 0.05) is 12.1 Å². The molecule has 0 saturated carbocycles. The summed E-state index contributed by atoms with van der Waals surface area (Å²) in [5.41, 5.74) is 3.94. The molecule has 1 amide bonds. The second kappa shape index (κ2) is 7.10. The van der Waals surface area contributed by atoms with Gasteiger partial charge in [-0.25, -0.2) is 0 Å².